The predicted octanol–water partition coefficient (Wildman–Crippen LogP) is 2.67. The largest absolute Gasteiger partial charge is 0.379 e. The Morgan fingerprint density at radius 2 is 1.89 bits per heavy atom. The lowest BCUT2D eigenvalue weighted by Gasteiger charge is -1.94. The molecule has 0 radical (unpaired) electrons. The molecule has 1 atom stereocenters. The minimum absolute atomic E-state index is 0. The number of hydrogen-bond donors (Lipinski definition) is 0. The van der Waals surface area contributed by atoms with E-state index in [1.807, 2.05) is 0 Å². The Labute approximate surface area is 70.0 Å². The van der Waals surface area contributed by atoms with Crippen LogP contribution in [-0.4, -0.2) is 12.7 Å². The average Bonchev–Trinajstić information content (AvgIpc) is 1.86. The quantitative estimate of drug-likeness (QED) is 0.549. The molecule has 0 saturated carbocycles. The highest BCUT2D eigenvalue weighted by Gasteiger charge is 2.07. The van der Waals surface area contributed by atoms with Crippen LogP contribution in [0.15, 0.2) is 0 Å². The van der Waals surface area contributed by atoms with Crippen molar-refractivity contribution in [3.05, 3.63) is 0 Å². The summed E-state index contributed by atoms with van der Waals surface area (Å²) in [5, 5.41) is 0. The standard InChI is InChI=1S/C5H10O.CH4.2ClH/c1-5-3-2-4-6-5;;;/h5H,2-4H2,1H3;1H4;2*1H. The van der Waals surface area contributed by atoms with Crippen molar-refractivity contribution >= 4 is 24.8 Å². The lowest BCUT2D eigenvalue weighted by Crippen LogP contribution is -1.94. The summed E-state index contributed by atoms with van der Waals surface area (Å²) in [6, 6.07) is 0. The molecule has 1 heterocycles. The summed E-state index contributed by atoms with van der Waals surface area (Å²) < 4.78 is 5.15. The second-order valence-electron chi connectivity index (χ2n) is 1.82. The molecule has 1 nitrogen and oxygen atoms in total. The van der Waals surface area contributed by atoms with Crippen molar-refractivity contribution in [2.75, 3.05) is 6.61 Å². The van der Waals surface area contributed by atoms with E-state index >= 15 is 0 Å². The van der Waals surface area contributed by atoms with Gasteiger partial charge in [-0.25, -0.2) is 0 Å². The molecule has 0 spiro atoms. The molecule has 0 bridgehead atoms. The SMILES string of the molecule is C.CC1CCCO1.Cl.Cl. The molecule has 1 unspecified atom stereocenters. The highest BCUT2D eigenvalue weighted by atomic mass is 35.5. The van der Waals surface area contributed by atoms with E-state index in [0.717, 1.165) is 6.61 Å². The van der Waals surface area contributed by atoms with Crippen LogP contribution in [0.5, 0.6) is 0 Å². The number of rotatable bonds is 0. The molecule has 60 valence electrons. The molecule has 1 fully saturated rings. The van der Waals surface area contributed by atoms with Crippen molar-refractivity contribution < 1.29 is 4.74 Å². The van der Waals surface area contributed by atoms with Crippen LogP contribution in [0.2, 0.25) is 0 Å². The van der Waals surface area contributed by atoms with E-state index in [9.17, 15) is 0 Å². The van der Waals surface area contributed by atoms with Gasteiger partial charge in [0.05, 0.1) is 6.10 Å². The van der Waals surface area contributed by atoms with Crippen molar-refractivity contribution in [1.29, 1.82) is 0 Å². The molecule has 0 N–H and O–H groups in total. The fourth-order valence-corrected chi connectivity index (χ4v) is 0.739. The summed E-state index contributed by atoms with van der Waals surface area (Å²) in [5.41, 5.74) is 0. The minimum Gasteiger partial charge on any atom is -0.379 e. The Morgan fingerprint density at radius 3 is 2.00 bits per heavy atom. The Hall–Kier alpha value is 0.540. The highest BCUT2D eigenvalue weighted by molar-refractivity contribution is 5.85. The fraction of sp³-hybridized carbons (Fsp3) is 1.00. The van der Waals surface area contributed by atoms with Gasteiger partial charge in [0.15, 0.2) is 0 Å². The first kappa shape index (κ1) is 16.3. The van der Waals surface area contributed by atoms with Crippen molar-refractivity contribution in [3.8, 4) is 0 Å². The van der Waals surface area contributed by atoms with Gasteiger partial charge < -0.3 is 4.74 Å². The molecule has 0 aliphatic carbocycles. The summed E-state index contributed by atoms with van der Waals surface area (Å²) in [4.78, 5) is 0. The zero-order valence-corrected chi connectivity index (χ0v) is 6.56. The third-order valence-electron chi connectivity index (χ3n) is 1.16. The van der Waals surface area contributed by atoms with Gasteiger partial charge in [-0.1, -0.05) is 7.43 Å². The van der Waals surface area contributed by atoms with Gasteiger partial charge in [-0.05, 0) is 19.8 Å². The summed E-state index contributed by atoms with van der Waals surface area (Å²) in [5.74, 6) is 0. The molecule has 1 aliphatic heterocycles. The maximum atomic E-state index is 5.15. The van der Waals surface area contributed by atoms with Crippen LogP contribution in [0, 0.1) is 0 Å². The van der Waals surface area contributed by atoms with Gasteiger partial charge in [-0.3, -0.25) is 0 Å². The third-order valence-corrected chi connectivity index (χ3v) is 1.16. The topological polar surface area (TPSA) is 9.23 Å². The fourth-order valence-electron chi connectivity index (χ4n) is 0.739. The molecular formula is C6H16Cl2O. The average molecular weight is 175 g/mol. The summed E-state index contributed by atoms with van der Waals surface area (Å²) in [6.07, 6.45) is 3.08. The zero-order chi connectivity index (χ0) is 4.41. The zero-order valence-electron chi connectivity index (χ0n) is 4.92. The van der Waals surface area contributed by atoms with E-state index in [1.54, 1.807) is 0 Å². The first-order valence-corrected chi connectivity index (χ1v) is 2.51. The van der Waals surface area contributed by atoms with Gasteiger partial charge in [0.25, 0.3) is 0 Å². The van der Waals surface area contributed by atoms with Crippen LogP contribution in [-0.2, 0) is 4.74 Å². The Balaban J connectivity index is -0.000000120. The van der Waals surface area contributed by atoms with Gasteiger partial charge in [0.2, 0.25) is 0 Å². The molecule has 9 heavy (non-hydrogen) atoms. The summed E-state index contributed by atoms with van der Waals surface area (Å²) in [6.45, 7) is 3.11. The molecular weight excluding hydrogens is 159 g/mol. The molecule has 0 aromatic carbocycles. The van der Waals surface area contributed by atoms with Crippen LogP contribution in [0.3, 0.4) is 0 Å². The Bertz CT molecular complexity index is 44.3. The first-order valence-electron chi connectivity index (χ1n) is 2.51. The minimum atomic E-state index is 0. The maximum absolute atomic E-state index is 5.15. The van der Waals surface area contributed by atoms with Gasteiger partial charge in [0, 0.05) is 6.61 Å². The van der Waals surface area contributed by atoms with E-state index in [0.29, 0.717) is 6.10 Å². The Kier molecular flexibility index (Phi) is 15.4. The van der Waals surface area contributed by atoms with Crippen molar-refractivity contribution in [1.82, 2.24) is 0 Å². The van der Waals surface area contributed by atoms with Gasteiger partial charge in [0.1, 0.15) is 0 Å². The summed E-state index contributed by atoms with van der Waals surface area (Å²) >= 11 is 0. The molecule has 3 heteroatoms. The van der Waals surface area contributed by atoms with Gasteiger partial charge in [-0.2, -0.15) is 0 Å². The number of hydrogen-bond acceptors (Lipinski definition) is 1. The lowest BCUT2D eigenvalue weighted by molar-refractivity contribution is 0.125. The molecule has 0 aromatic heterocycles. The molecule has 1 saturated heterocycles. The number of ether oxygens (including phenoxy) is 1. The second-order valence-corrected chi connectivity index (χ2v) is 1.82. The van der Waals surface area contributed by atoms with E-state index in [1.165, 1.54) is 12.8 Å². The molecule has 1 rings (SSSR count). The number of halogens is 2. The van der Waals surface area contributed by atoms with E-state index < -0.39 is 0 Å². The predicted molar refractivity (Wildman–Crippen MR) is 45.9 cm³/mol. The normalized spacial score (nSPS) is 23.0. The highest BCUT2D eigenvalue weighted by Crippen LogP contribution is 2.09. The van der Waals surface area contributed by atoms with Crippen LogP contribution < -0.4 is 0 Å². The molecule has 1 aliphatic rings. The van der Waals surface area contributed by atoms with Crippen LogP contribution >= 0.6 is 24.8 Å². The van der Waals surface area contributed by atoms with E-state index in [-0.39, 0.29) is 32.2 Å². The Morgan fingerprint density at radius 1 is 1.33 bits per heavy atom. The molecule has 0 amide bonds. The second kappa shape index (κ2) is 8.54. The molecule has 0 aromatic rings. The lowest BCUT2D eigenvalue weighted by atomic mass is 10.3. The van der Waals surface area contributed by atoms with Crippen molar-refractivity contribution in [3.63, 3.8) is 0 Å². The summed E-state index contributed by atoms with van der Waals surface area (Å²) in [7, 11) is 0. The van der Waals surface area contributed by atoms with Gasteiger partial charge in [-0.15, -0.1) is 24.8 Å². The van der Waals surface area contributed by atoms with Crippen LogP contribution in [0.1, 0.15) is 27.2 Å². The smallest absolute Gasteiger partial charge is 0.0547 e. The van der Waals surface area contributed by atoms with Crippen molar-refractivity contribution in [2.45, 2.75) is 33.3 Å². The third kappa shape index (κ3) is 6.42. The van der Waals surface area contributed by atoms with Crippen LogP contribution in [0.4, 0.5) is 0 Å². The van der Waals surface area contributed by atoms with Crippen LogP contribution in [0.25, 0.3) is 0 Å². The van der Waals surface area contributed by atoms with Gasteiger partial charge >= 0.3 is 0 Å². The first-order chi connectivity index (χ1) is 2.89. The van der Waals surface area contributed by atoms with E-state index in [2.05, 4.69) is 6.92 Å². The van der Waals surface area contributed by atoms with Crippen molar-refractivity contribution in [2.24, 2.45) is 0 Å². The van der Waals surface area contributed by atoms with E-state index in [4.69, 9.17) is 4.74 Å². The maximum Gasteiger partial charge on any atom is 0.0547 e. The monoisotopic (exact) mass is 174 g/mol.